The van der Waals surface area contributed by atoms with E-state index in [1.54, 1.807) is 0 Å². The molecule has 0 spiro atoms. The second-order valence-corrected chi connectivity index (χ2v) is 6.50. The van der Waals surface area contributed by atoms with Gasteiger partial charge in [0, 0.05) is 17.5 Å². The predicted octanol–water partition coefficient (Wildman–Crippen LogP) is 5.41. The third kappa shape index (κ3) is 8.43. The zero-order chi connectivity index (χ0) is 13.8. The van der Waals surface area contributed by atoms with Crippen LogP contribution in [0.15, 0.2) is 17.5 Å². The molecule has 0 aliphatic heterocycles. The molecule has 1 heterocycles. The van der Waals surface area contributed by atoms with Crippen LogP contribution in [0.25, 0.3) is 0 Å². The molecule has 1 aromatic rings. The summed E-state index contributed by atoms with van der Waals surface area (Å²) in [5.41, 5.74) is 0. The fourth-order valence-corrected chi connectivity index (χ4v) is 3.19. The van der Waals surface area contributed by atoms with E-state index in [1.807, 2.05) is 11.3 Å². The van der Waals surface area contributed by atoms with E-state index >= 15 is 0 Å². The third-order valence-corrected chi connectivity index (χ3v) is 4.63. The largest absolute Gasteiger partial charge is 0.314 e. The lowest BCUT2D eigenvalue weighted by atomic mass is 10.0. The molecule has 1 aromatic heterocycles. The molecular weight excluding hydrogens is 250 g/mol. The van der Waals surface area contributed by atoms with Crippen molar-refractivity contribution in [3.63, 3.8) is 0 Å². The van der Waals surface area contributed by atoms with E-state index in [0.717, 1.165) is 12.6 Å². The molecule has 2 heteroatoms. The number of nitrogens with one attached hydrogen (secondary N) is 1. The smallest absolute Gasteiger partial charge is 0.00671 e. The zero-order valence-electron chi connectivity index (χ0n) is 12.8. The van der Waals surface area contributed by atoms with E-state index in [2.05, 4.69) is 36.7 Å². The highest BCUT2D eigenvalue weighted by molar-refractivity contribution is 7.09. The average molecular weight is 282 g/mol. The van der Waals surface area contributed by atoms with Gasteiger partial charge in [-0.1, -0.05) is 58.4 Å². The van der Waals surface area contributed by atoms with Crippen LogP contribution in [-0.4, -0.2) is 12.6 Å². The minimum atomic E-state index is 0.748. The molecule has 1 rings (SSSR count). The maximum Gasteiger partial charge on any atom is 0.00671 e. The van der Waals surface area contributed by atoms with Crippen molar-refractivity contribution in [2.45, 2.75) is 77.7 Å². The van der Waals surface area contributed by atoms with E-state index < -0.39 is 0 Å². The van der Waals surface area contributed by atoms with E-state index in [4.69, 9.17) is 0 Å². The third-order valence-electron chi connectivity index (χ3n) is 3.70. The standard InChI is InChI=1S/C17H31NS/c1-3-5-7-10-16(11-8-6-4-2)18-14-13-17-12-9-15-19-17/h9,12,15-16,18H,3-8,10-11,13-14H2,1-2H3. The highest BCUT2D eigenvalue weighted by atomic mass is 32.1. The van der Waals surface area contributed by atoms with Gasteiger partial charge in [0.2, 0.25) is 0 Å². The van der Waals surface area contributed by atoms with Crippen LogP contribution >= 0.6 is 11.3 Å². The summed E-state index contributed by atoms with van der Waals surface area (Å²) in [5, 5.41) is 5.96. The van der Waals surface area contributed by atoms with Crippen molar-refractivity contribution >= 4 is 11.3 Å². The highest BCUT2D eigenvalue weighted by Gasteiger charge is 2.07. The van der Waals surface area contributed by atoms with Crippen molar-refractivity contribution in [2.75, 3.05) is 6.54 Å². The Hall–Kier alpha value is -0.340. The fourth-order valence-electron chi connectivity index (χ4n) is 2.48. The Morgan fingerprint density at radius 3 is 2.26 bits per heavy atom. The molecule has 0 radical (unpaired) electrons. The van der Waals surface area contributed by atoms with E-state index in [9.17, 15) is 0 Å². The van der Waals surface area contributed by atoms with Crippen molar-refractivity contribution in [3.8, 4) is 0 Å². The number of thiophene rings is 1. The maximum absolute atomic E-state index is 3.78. The van der Waals surface area contributed by atoms with Crippen LogP contribution in [0.4, 0.5) is 0 Å². The number of rotatable bonds is 12. The summed E-state index contributed by atoms with van der Waals surface area (Å²) in [6, 6.07) is 5.15. The average Bonchev–Trinajstić information content (AvgIpc) is 2.92. The Bertz CT molecular complexity index is 271. The molecule has 0 unspecified atom stereocenters. The van der Waals surface area contributed by atoms with Gasteiger partial charge < -0.3 is 5.32 Å². The Kier molecular flexibility index (Phi) is 10.1. The lowest BCUT2D eigenvalue weighted by molar-refractivity contribution is 0.421. The molecule has 0 aliphatic rings. The van der Waals surface area contributed by atoms with Gasteiger partial charge in [0.15, 0.2) is 0 Å². The normalized spacial score (nSPS) is 11.3. The summed E-state index contributed by atoms with van der Waals surface area (Å²) in [5.74, 6) is 0. The molecule has 1 nitrogen and oxygen atoms in total. The van der Waals surface area contributed by atoms with Gasteiger partial charge in [0.25, 0.3) is 0 Å². The molecule has 0 atom stereocenters. The molecule has 0 amide bonds. The van der Waals surface area contributed by atoms with Gasteiger partial charge >= 0.3 is 0 Å². The highest BCUT2D eigenvalue weighted by Crippen LogP contribution is 2.12. The maximum atomic E-state index is 3.78. The Morgan fingerprint density at radius 2 is 1.74 bits per heavy atom. The molecule has 0 bridgehead atoms. The monoisotopic (exact) mass is 281 g/mol. The Labute approximate surface area is 123 Å². The minimum Gasteiger partial charge on any atom is -0.314 e. The zero-order valence-corrected chi connectivity index (χ0v) is 13.6. The summed E-state index contributed by atoms with van der Waals surface area (Å²) in [4.78, 5) is 1.51. The molecular formula is C17H31NS. The molecule has 0 aliphatic carbocycles. The van der Waals surface area contributed by atoms with Crippen molar-refractivity contribution < 1.29 is 0 Å². The lowest BCUT2D eigenvalue weighted by Crippen LogP contribution is -2.30. The van der Waals surface area contributed by atoms with Gasteiger partial charge in [-0.3, -0.25) is 0 Å². The summed E-state index contributed by atoms with van der Waals surface area (Å²) in [7, 11) is 0. The van der Waals surface area contributed by atoms with Crippen LogP contribution in [-0.2, 0) is 6.42 Å². The van der Waals surface area contributed by atoms with Gasteiger partial charge in [-0.25, -0.2) is 0 Å². The SMILES string of the molecule is CCCCCC(CCCCC)NCCc1cccs1. The quantitative estimate of drug-likeness (QED) is 0.505. The van der Waals surface area contributed by atoms with Crippen LogP contribution in [0.3, 0.4) is 0 Å². The molecule has 19 heavy (non-hydrogen) atoms. The van der Waals surface area contributed by atoms with Crippen LogP contribution in [0, 0.1) is 0 Å². The second kappa shape index (κ2) is 11.5. The van der Waals surface area contributed by atoms with Crippen LogP contribution in [0.5, 0.6) is 0 Å². The van der Waals surface area contributed by atoms with Crippen molar-refractivity contribution in [1.29, 1.82) is 0 Å². The summed E-state index contributed by atoms with van der Waals surface area (Å²) >= 11 is 1.88. The first kappa shape index (κ1) is 16.7. The van der Waals surface area contributed by atoms with E-state index in [1.165, 1.54) is 62.7 Å². The molecule has 1 N–H and O–H groups in total. The molecule has 0 fully saturated rings. The Morgan fingerprint density at radius 1 is 1.05 bits per heavy atom. The summed E-state index contributed by atoms with van der Waals surface area (Å²) < 4.78 is 0. The molecule has 110 valence electrons. The lowest BCUT2D eigenvalue weighted by Gasteiger charge is -2.18. The van der Waals surface area contributed by atoms with Crippen LogP contribution in [0.2, 0.25) is 0 Å². The fraction of sp³-hybridized carbons (Fsp3) is 0.765. The number of unbranched alkanes of at least 4 members (excludes halogenated alkanes) is 4. The van der Waals surface area contributed by atoms with Gasteiger partial charge in [-0.15, -0.1) is 11.3 Å². The van der Waals surface area contributed by atoms with Gasteiger partial charge in [-0.05, 0) is 30.7 Å². The number of hydrogen-bond donors (Lipinski definition) is 1. The predicted molar refractivity (Wildman–Crippen MR) is 88.1 cm³/mol. The van der Waals surface area contributed by atoms with E-state index in [0.29, 0.717) is 0 Å². The minimum absolute atomic E-state index is 0.748. The van der Waals surface area contributed by atoms with Gasteiger partial charge in [0.05, 0.1) is 0 Å². The first-order chi connectivity index (χ1) is 9.36. The molecule has 0 saturated carbocycles. The van der Waals surface area contributed by atoms with Gasteiger partial charge in [0.1, 0.15) is 0 Å². The molecule has 0 aromatic carbocycles. The van der Waals surface area contributed by atoms with E-state index in [-0.39, 0.29) is 0 Å². The topological polar surface area (TPSA) is 12.0 Å². The number of hydrogen-bond acceptors (Lipinski definition) is 2. The van der Waals surface area contributed by atoms with Crippen molar-refractivity contribution in [3.05, 3.63) is 22.4 Å². The van der Waals surface area contributed by atoms with Crippen molar-refractivity contribution in [2.24, 2.45) is 0 Å². The Balaban J connectivity index is 2.18. The van der Waals surface area contributed by atoms with Crippen LogP contribution in [0.1, 0.15) is 70.1 Å². The van der Waals surface area contributed by atoms with Crippen LogP contribution < -0.4 is 5.32 Å². The second-order valence-electron chi connectivity index (χ2n) is 5.47. The first-order valence-electron chi connectivity index (χ1n) is 8.12. The van der Waals surface area contributed by atoms with Crippen molar-refractivity contribution in [1.82, 2.24) is 5.32 Å². The van der Waals surface area contributed by atoms with Gasteiger partial charge in [-0.2, -0.15) is 0 Å². The molecule has 0 saturated heterocycles. The first-order valence-corrected chi connectivity index (χ1v) is 9.00. The summed E-state index contributed by atoms with van der Waals surface area (Å²) in [6.45, 7) is 5.72. The summed E-state index contributed by atoms with van der Waals surface area (Å²) in [6.07, 6.45) is 12.1.